The van der Waals surface area contributed by atoms with Crippen molar-refractivity contribution < 1.29 is 4.79 Å². The van der Waals surface area contributed by atoms with Crippen molar-refractivity contribution in [2.24, 2.45) is 7.05 Å². The van der Waals surface area contributed by atoms with E-state index in [0.29, 0.717) is 5.65 Å². The van der Waals surface area contributed by atoms with Gasteiger partial charge in [0.2, 0.25) is 0 Å². The minimum atomic E-state index is -0.426. The fraction of sp³-hybridized carbons (Fsp3) is 0.138. The van der Waals surface area contributed by atoms with Gasteiger partial charge in [0.15, 0.2) is 11.5 Å². The maximum atomic E-state index is 13.4. The van der Waals surface area contributed by atoms with Crippen molar-refractivity contribution in [3.8, 4) is 23.0 Å². The Labute approximate surface area is 228 Å². The van der Waals surface area contributed by atoms with Gasteiger partial charge in [0.1, 0.15) is 10.4 Å². The van der Waals surface area contributed by atoms with Crippen molar-refractivity contribution in [2.75, 3.05) is 5.73 Å². The smallest absolute Gasteiger partial charge is 0.259 e. The number of nitrogens with zero attached hydrogens (tertiary/aromatic N) is 6. The van der Waals surface area contributed by atoms with Crippen LogP contribution in [0.3, 0.4) is 0 Å². The van der Waals surface area contributed by atoms with E-state index in [2.05, 4.69) is 38.4 Å². The number of anilines is 1. The van der Waals surface area contributed by atoms with E-state index < -0.39 is 6.04 Å². The molecule has 1 atom stereocenters. The van der Waals surface area contributed by atoms with E-state index >= 15 is 0 Å². The van der Waals surface area contributed by atoms with Crippen molar-refractivity contribution >= 4 is 38.9 Å². The SMILES string of the molecule is Cc1c(C#Cc2csc3nc([C@H](C)NC(=O)c4c(N)nn5cccnc45)c(-c4ccccc4)cc23)cnn1C. The number of hydrogen-bond donors (Lipinski definition) is 2. The summed E-state index contributed by atoms with van der Waals surface area (Å²) in [5.41, 5.74) is 12.2. The predicted octanol–water partition coefficient (Wildman–Crippen LogP) is 4.52. The van der Waals surface area contributed by atoms with Crippen molar-refractivity contribution in [1.29, 1.82) is 0 Å². The quantitative estimate of drug-likeness (QED) is 0.323. The molecule has 6 rings (SSSR count). The Bertz CT molecular complexity index is 1920. The molecular formula is C29H24N8OS. The molecule has 3 N–H and O–H groups in total. The van der Waals surface area contributed by atoms with Crippen LogP contribution in [0.2, 0.25) is 0 Å². The molecule has 1 aromatic carbocycles. The Morgan fingerprint density at radius 2 is 1.95 bits per heavy atom. The van der Waals surface area contributed by atoms with Gasteiger partial charge >= 0.3 is 0 Å². The first-order chi connectivity index (χ1) is 18.9. The van der Waals surface area contributed by atoms with Crippen molar-refractivity contribution in [3.05, 3.63) is 94.5 Å². The maximum absolute atomic E-state index is 13.4. The zero-order valence-electron chi connectivity index (χ0n) is 21.5. The summed E-state index contributed by atoms with van der Waals surface area (Å²) in [7, 11) is 1.90. The molecule has 0 spiro atoms. The number of pyridine rings is 1. The standard InChI is InChI=1S/C29H24N8OS/c1-17(33-28(38)24-26(30)35-37-13-7-12-31-27(24)37)25-22(19-8-5-4-6-9-19)14-23-21(16-39-29(23)34-25)11-10-20-15-32-36(3)18(20)2/h4-9,12-17H,1-3H3,(H2,30,35)(H,33,38)/t17-/m0/s1. The van der Waals surface area contributed by atoms with E-state index in [9.17, 15) is 4.79 Å². The molecule has 9 nitrogen and oxygen atoms in total. The van der Waals surface area contributed by atoms with Crippen molar-refractivity contribution in [3.63, 3.8) is 0 Å². The normalized spacial score (nSPS) is 11.9. The van der Waals surface area contributed by atoms with Gasteiger partial charge in [0, 0.05) is 41.3 Å². The molecule has 1 amide bonds. The summed E-state index contributed by atoms with van der Waals surface area (Å²) in [5.74, 6) is 6.32. The monoisotopic (exact) mass is 532 g/mol. The second kappa shape index (κ2) is 9.70. The van der Waals surface area contributed by atoms with Crippen LogP contribution in [0, 0.1) is 18.8 Å². The first kappa shape index (κ1) is 24.3. The largest absolute Gasteiger partial charge is 0.381 e. The number of nitrogens with one attached hydrogen (secondary N) is 1. The molecule has 0 bridgehead atoms. The summed E-state index contributed by atoms with van der Waals surface area (Å²) in [4.78, 5) is 23.5. The lowest BCUT2D eigenvalue weighted by molar-refractivity contribution is 0.0941. The fourth-order valence-corrected chi connectivity index (χ4v) is 5.32. The van der Waals surface area contributed by atoms with Crippen LogP contribution in [0.5, 0.6) is 0 Å². The first-order valence-electron chi connectivity index (χ1n) is 12.3. The molecule has 0 aliphatic carbocycles. The van der Waals surface area contributed by atoms with E-state index in [0.717, 1.165) is 43.9 Å². The van der Waals surface area contributed by atoms with Crippen LogP contribution >= 0.6 is 11.3 Å². The number of benzene rings is 1. The van der Waals surface area contributed by atoms with Crippen LogP contribution in [0.1, 0.15) is 45.8 Å². The zero-order valence-corrected chi connectivity index (χ0v) is 22.3. The number of aromatic nitrogens is 6. The van der Waals surface area contributed by atoms with E-state index in [1.807, 2.05) is 61.3 Å². The molecule has 6 aromatic rings. The highest BCUT2D eigenvalue weighted by Gasteiger charge is 2.24. The summed E-state index contributed by atoms with van der Waals surface area (Å²) in [5, 5.41) is 14.5. The van der Waals surface area contributed by atoms with Crippen molar-refractivity contribution in [1.82, 2.24) is 34.7 Å². The number of nitrogens with two attached hydrogens (primary N) is 1. The topological polar surface area (TPSA) is 116 Å². The third kappa shape index (κ3) is 4.39. The van der Waals surface area contributed by atoms with Crippen LogP contribution in [-0.2, 0) is 7.05 Å². The first-order valence-corrected chi connectivity index (χ1v) is 13.2. The van der Waals surface area contributed by atoms with Crippen LogP contribution in [0.25, 0.3) is 27.0 Å². The second-order valence-corrected chi connectivity index (χ2v) is 10.0. The molecule has 5 heterocycles. The molecule has 0 aliphatic rings. The number of thiophene rings is 1. The molecule has 192 valence electrons. The summed E-state index contributed by atoms with van der Waals surface area (Å²) >= 11 is 1.52. The highest BCUT2D eigenvalue weighted by atomic mass is 32.1. The molecule has 0 radical (unpaired) electrons. The molecule has 5 aromatic heterocycles. The molecule has 0 saturated heterocycles. The number of aryl methyl sites for hydroxylation is 1. The maximum Gasteiger partial charge on any atom is 0.259 e. The third-order valence-corrected chi connectivity index (χ3v) is 7.54. The van der Waals surface area contributed by atoms with Gasteiger partial charge in [-0.05, 0) is 31.5 Å². The van der Waals surface area contributed by atoms with Gasteiger partial charge in [-0.3, -0.25) is 9.48 Å². The molecule has 0 unspecified atom stereocenters. The van der Waals surface area contributed by atoms with Gasteiger partial charge in [0.05, 0.1) is 29.2 Å². The summed E-state index contributed by atoms with van der Waals surface area (Å²) < 4.78 is 3.30. The Balaban J connectivity index is 1.41. The number of carbonyl (C=O) groups is 1. The Morgan fingerprint density at radius 3 is 2.72 bits per heavy atom. The van der Waals surface area contributed by atoms with Gasteiger partial charge in [-0.2, -0.15) is 5.10 Å². The third-order valence-electron chi connectivity index (χ3n) is 6.65. The van der Waals surface area contributed by atoms with Crippen molar-refractivity contribution in [2.45, 2.75) is 19.9 Å². The number of hydrogen-bond acceptors (Lipinski definition) is 7. The number of rotatable bonds is 4. The lowest BCUT2D eigenvalue weighted by atomic mass is 9.98. The Hall–Kier alpha value is -5.01. The Kier molecular flexibility index (Phi) is 6.05. The second-order valence-electron chi connectivity index (χ2n) is 9.15. The van der Waals surface area contributed by atoms with Gasteiger partial charge in [-0.1, -0.05) is 42.2 Å². The van der Waals surface area contributed by atoms with Gasteiger partial charge in [-0.15, -0.1) is 16.4 Å². The average molecular weight is 533 g/mol. The number of nitrogen functional groups attached to an aromatic ring is 1. The van der Waals surface area contributed by atoms with E-state index in [-0.39, 0.29) is 17.3 Å². The lowest BCUT2D eigenvalue weighted by Gasteiger charge is -2.18. The molecular weight excluding hydrogens is 508 g/mol. The molecule has 0 fully saturated rings. The Morgan fingerprint density at radius 1 is 1.15 bits per heavy atom. The zero-order chi connectivity index (χ0) is 27.1. The molecule has 0 saturated carbocycles. The molecule has 39 heavy (non-hydrogen) atoms. The van der Waals surface area contributed by atoms with Gasteiger partial charge in [0.25, 0.3) is 5.91 Å². The van der Waals surface area contributed by atoms with E-state index in [1.54, 1.807) is 24.7 Å². The average Bonchev–Trinajstić information content (AvgIpc) is 3.61. The van der Waals surface area contributed by atoms with Gasteiger partial charge < -0.3 is 11.1 Å². The van der Waals surface area contributed by atoms with Crippen LogP contribution in [-0.4, -0.2) is 35.3 Å². The van der Waals surface area contributed by atoms with E-state index in [4.69, 9.17) is 10.7 Å². The van der Waals surface area contributed by atoms with Crippen LogP contribution in [0.4, 0.5) is 5.82 Å². The predicted molar refractivity (Wildman–Crippen MR) is 152 cm³/mol. The van der Waals surface area contributed by atoms with Crippen LogP contribution in [0.15, 0.2) is 66.4 Å². The minimum absolute atomic E-state index is 0.121. The van der Waals surface area contributed by atoms with Crippen LogP contribution < -0.4 is 11.1 Å². The molecule has 0 aliphatic heterocycles. The summed E-state index contributed by atoms with van der Waals surface area (Å²) in [6, 6.07) is 13.4. The van der Waals surface area contributed by atoms with E-state index in [1.165, 1.54) is 15.9 Å². The highest BCUT2D eigenvalue weighted by molar-refractivity contribution is 7.17. The number of fused-ring (bicyclic) bond motifs is 2. The highest BCUT2D eigenvalue weighted by Crippen LogP contribution is 2.34. The molecule has 10 heteroatoms. The summed E-state index contributed by atoms with van der Waals surface area (Å²) in [6.07, 6.45) is 5.08. The number of amides is 1. The number of carbonyl (C=O) groups excluding carboxylic acids is 1. The summed E-state index contributed by atoms with van der Waals surface area (Å²) in [6.45, 7) is 3.91. The lowest BCUT2D eigenvalue weighted by Crippen LogP contribution is -2.28. The minimum Gasteiger partial charge on any atom is -0.381 e. The van der Waals surface area contributed by atoms with Gasteiger partial charge in [-0.25, -0.2) is 14.5 Å². The fourth-order valence-electron chi connectivity index (χ4n) is 4.46.